The number of alkyl halides is 2. The smallest absolute Gasteiger partial charge is 0.337 e. The molecular weight excluding hydrogens is 422 g/mol. The Hall–Kier alpha value is -3.40. The van der Waals surface area contributed by atoms with Crippen LogP contribution in [0.5, 0.6) is 11.5 Å². The van der Waals surface area contributed by atoms with Gasteiger partial charge in [-0.1, -0.05) is 11.6 Å². The summed E-state index contributed by atoms with van der Waals surface area (Å²) in [5, 5.41) is 18.1. The Morgan fingerprint density at radius 1 is 1.37 bits per heavy atom. The minimum absolute atomic E-state index is 0.100. The molecule has 0 saturated heterocycles. The molecule has 30 heavy (non-hydrogen) atoms. The van der Waals surface area contributed by atoms with Gasteiger partial charge in [0.2, 0.25) is 0 Å². The Balaban J connectivity index is 1.53. The highest BCUT2D eigenvalue weighted by Gasteiger charge is 2.57. The van der Waals surface area contributed by atoms with Crippen molar-refractivity contribution in [2.75, 3.05) is 5.32 Å². The minimum atomic E-state index is -2.87. The van der Waals surface area contributed by atoms with E-state index >= 15 is 0 Å². The molecule has 3 N–H and O–H groups in total. The maximum Gasteiger partial charge on any atom is 0.337 e. The van der Waals surface area contributed by atoms with E-state index in [1.165, 1.54) is 35.1 Å². The standard InChI is InChI=1S/C19H15ClF2N4O4/c1-9-11(17(27)28)8-26-16(9)14(4-5-23-26)30-10-2-3-13(12(20)6-10)24-18(29)25-15-7-19(15,21)22/h2-6,8,15H,7H2,1H3,(H,27,28)(H2,24,25,29). The summed E-state index contributed by atoms with van der Waals surface area (Å²) in [5.41, 5.74) is 1.29. The molecular formula is C19H15ClF2N4O4. The molecule has 0 bridgehead atoms. The van der Waals surface area contributed by atoms with Crippen LogP contribution in [0.1, 0.15) is 22.3 Å². The molecule has 4 rings (SSSR count). The first-order chi connectivity index (χ1) is 14.2. The van der Waals surface area contributed by atoms with Gasteiger partial charge in [-0.05, 0) is 24.6 Å². The Kier molecular flexibility index (Phi) is 4.73. The summed E-state index contributed by atoms with van der Waals surface area (Å²) in [5.74, 6) is -3.26. The van der Waals surface area contributed by atoms with Gasteiger partial charge in [0, 0.05) is 24.8 Å². The summed E-state index contributed by atoms with van der Waals surface area (Å²) in [6.07, 6.45) is 2.47. The zero-order chi connectivity index (χ0) is 21.6. The number of aromatic nitrogens is 2. The number of aromatic carboxylic acids is 1. The number of anilines is 1. The second kappa shape index (κ2) is 7.13. The molecule has 1 saturated carbocycles. The number of amides is 2. The summed E-state index contributed by atoms with van der Waals surface area (Å²) >= 11 is 6.18. The monoisotopic (exact) mass is 436 g/mol. The Morgan fingerprint density at radius 2 is 2.10 bits per heavy atom. The zero-order valence-corrected chi connectivity index (χ0v) is 16.2. The van der Waals surface area contributed by atoms with Gasteiger partial charge in [-0.15, -0.1) is 0 Å². The number of hydrogen-bond donors (Lipinski definition) is 3. The second-order valence-electron chi connectivity index (χ2n) is 6.82. The van der Waals surface area contributed by atoms with E-state index in [2.05, 4.69) is 15.7 Å². The molecule has 0 aliphatic heterocycles. The van der Waals surface area contributed by atoms with Crippen LogP contribution in [0.15, 0.2) is 36.7 Å². The summed E-state index contributed by atoms with van der Waals surface area (Å²) in [6.45, 7) is 1.65. The molecule has 1 atom stereocenters. The molecule has 1 fully saturated rings. The van der Waals surface area contributed by atoms with Crippen molar-refractivity contribution in [1.82, 2.24) is 14.9 Å². The third kappa shape index (κ3) is 3.73. The van der Waals surface area contributed by atoms with Crippen LogP contribution < -0.4 is 15.4 Å². The van der Waals surface area contributed by atoms with Gasteiger partial charge >= 0.3 is 12.0 Å². The summed E-state index contributed by atoms with van der Waals surface area (Å²) < 4.78 is 33.0. The van der Waals surface area contributed by atoms with Crippen LogP contribution in [0.25, 0.3) is 5.52 Å². The number of benzene rings is 1. The molecule has 1 aromatic carbocycles. The van der Waals surface area contributed by atoms with Crippen molar-refractivity contribution in [1.29, 1.82) is 0 Å². The average molecular weight is 437 g/mol. The maximum absolute atomic E-state index is 12.9. The van der Waals surface area contributed by atoms with Crippen molar-refractivity contribution in [3.8, 4) is 11.5 Å². The third-order valence-electron chi connectivity index (χ3n) is 4.67. The van der Waals surface area contributed by atoms with E-state index in [9.17, 15) is 23.5 Å². The number of nitrogens with one attached hydrogen (secondary N) is 2. The van der Waals surface area contributed by atoms with E-state index in [4.69, 9.17) is 16.3 Å². The molecule has 3 aromatic rings. The lowest BCUT2D eigenvalue weighted by Crippen LogP contribution is -2.33. The SMILES string of the molecule is Cc1c(C(=O)O)cn2nccc(Oc3ccc(NC(=O)NC4CC4(F)F)c(Cl)c3)c12. The Labute approximate surface area is 173 Å². The number of rotatable bonds is 5. The average Bonchev–Trinajstić information content (AvgIpc) is 3.10. The quantitative estimate of drug-likeness (QED) is 0.552. The lowest BCUT2D eigenvalue weighted by molar-refractivity contribution is 0.0696. The molecule has 2 amide bonds. The van der Waals surface area contributed by atoms with Gasteiger partial charge in [-0.3, -0.25) is 0 Å². The fourth-order valence-electron chi connectivity index (χ4n) is 3.00. The van der Waals surface area contributed by atoms with E-state index in [1.807, 2.05) is 0 Å². The molecule has 1 aliphatic rings. The molecule has 0 spiro atoms. The van der Waals surface area contributed by atoms with Crippen LogP contribution >= 0.6 is 11.6 Å². The van der Waals surface area contributed by atoms with Crippen LogP contribution in [0.4, 0.5) is 19.3 Å². The molecule has 156 valence electrons. The van der Waals surface area contributed by atoms with E-state index in [1.54, 1.807) is 13.0 Å². The fraction of sp³-hybridized carbons (Fsp3) is 0.211. The summed E-state index contributed by atoms with van der Waals surface area (Å²) in [4.78, 5) is 23.2. The van der Waals surface area contributed by atoms with Crippen LogP contribution in [0.2, 0.25) is 5.02 Å². The van der Waals surface area contributed by atoms with Gasteiger partial charge < -0.3 is 20.5 Å². The van der Waals surface area contributed by atoms with E-state index in [0.717, 1.165) is 0 Å². The fourth-order valence-corrected chi connectivity index (χ4v) is 3.21. The van der Waals surface area contributed by atoms with Gasteiger partial charge in [0.05, 0.1) is 22.5 Å². The minimum Gasteiger partial charge on any atom is -0.478 e. The van der Waals surface area contributed by atoms with Crippen molar-refractivity contribution in [2.24, 2.45) is 0 Å². The lowest BCUT2D eigenvalue weighted by Gasteiger charge is -2.12. The van der Waals surface area contributed by atoms with Crippen LogP contribution in [0.3, 0.4) is 0 Å². The van der Waals surface area contributed by atoms with Gasteiger partial charge in [0.1, 0.15) is 17.3 Å². The number of aryl methyl sites for hydroxylation is 1. The normalized spacial score (nSPS) is 16.9. The number of carboxylic acids is 1. The first-order valence-corrected chi connectivity index (χ1v) is 9.16. The number of carbonyl (C=O) groups is 2. The number of carbonyl (C=O) groups excluding carboxylic acids is 1. The largest absolute Gasteiger partial charge is 0.478 e. The molecule has 8 nitrogen and oxygen atoms in total. The van der Waals surface area contributed by atoms with Crippen LogP contribution in [-0.2, 0) is 0 Å². The van der Waals surface area contributed by atoms with Crippen molar-refractivity contribution < 1.29 is 28.2 Å². The Morgan fingerprint density at radius 3 is 2.73 bits per heavy atom. The number of hydrogen-bond acceptors (Lipinski definition) is 4. The van der Waals surface area contributed by atoms with Crippen LogP contribution in [0, 0.1) is 6.92 Å². The molecule has 2 aromatic heterocycles. The number of nitrogens with zero attached hydrogens (tertiary/aromatic N) is 2. The molecule has 1 unspecified atom stereocenters. The highest BCUT2D eigenvalue weighted by molar-refractivity contribution is 6.33. The number of fused-ring (bicyclic) bond motifs is 1. The first-order valence-electron chi connectivity index (χ1n) is 8.78. The Bertz CT molecular complexity index is 1180. The number of urea groups is 1. The lowest BCUT2D eigenvalue weighted by atomic mass is 10.2. The highest BCUT2D eigenvalue weighted by Crippen LogP contribution is 2.41. The molecule has 2 heterocycles. The summed E-state index contributed by atoms with van der Waals surface area (Å²) in [7, 11) is 0. The third-order valence-corrected chi connectivity index (χ3v) is 4.98. The number of ether oxygens (including phenoxy) is 1. The number of carboxylic acid groups (broad SMARTS) is 1. The molecule has 0 radical (unpaired) electrons. The van der Waals surface area contributed by atoms with Crippen molar-refractivity contribution in [2.45, 2.75) is 25.3 Å². The van der Waals surface area contributed by atoms with E-state index in [0.29, 0.717) is 22.6 Å². The van der Waals surface area contributed by atoms with Gasteiger partial charge in [0.15, 0.2) is 5.75 Å². The maximum atomic E-state index is 12.9. The van der Waals surface area contributed by atoms with E-state index < -0.39 is 24.0 Å². The second-order valence-corrected chi connectivity index (χ2v) is 7.23. The van der Waals surface area contributed by atoms with E-state index in [-0.39, 0.29) is 22.7 Å². The molecule has 11 heteroatoms. The predicted molar refractivity (Wildman–Crippen MR) is 104 cm³/mol. The highest BCUT2D eigenvalue weighted by atomic mass is 35.5. The number of halogens is 3. The van der Waals surface area contributed by atoms with Gasteiger partial charge in [0.25, 0.3) is 5.92 Å². The van der Waals surface area contributed by atoms with Gasteiger partial charge in [-0.2, -0.15) is 5.10 Å². The van der Waals surface area contributed by atoms with Gasteiger partial charge in [-0.25, -0.2) is 22.9 Å². The summed E-state index contributed by atoms with van der Waals surface area (Å²) in [6, 6.07) is 4.06. The van der Waals surface area contributed by atoms with Crippen molar-refractivity contribution in [3.63, 3.8) is 0 Å². The van der Waals surface area contributed by atoms with Crippen molar-refractivity contribution >= 4 is 34.8 Å². The van der Waals surface area contributed by atoms with Crippen molar-refractivity contribution in [3.05, 3.63) is 52.8 Å². The zero-order valence-electron chi connectivity index (χ0n) is 15.4. The topological polar surface area (TPSA) is 105 Å². The first kappa shape index (κ1) is 19.9. The molecule has 1 aliphatic carbocycles. The van der Waals surface area contributed by atoms with Crippen LogP contribution in [-0.4, -0.2) is 38.7 Å². The predicted octanol–water partition coefficient (Wildman–Crippen LogP) is 4.32.